The minimum Gasteiger partial charge on any atom is -0.506 e. The molecule has 0 aliphatic rings. The molecule has 3 rings (SSSR count). The van der Waals surface area contributed by atoms with Crippen LogP contribution in [-0.4, -0.2) is 23.3 Å². The average molecular weight is 375 g/mol. The number of aromatic hydroxyl groups is 1. The molecule has 0 bridgehead atoms. The maximum Gasteiger partial charge on any atom is 0.296 e. The summed E-state index contributed by atoms with van der Waals surface area (Å²) in [4.78, 5) is 12.4. The van der Waals surface area contributed by atoms with Gasteiger partial charge in [0.1, 0.15) is 11.4 Å². The van der Waals surface area contributed by atoms with Gasteiger partial charge in [0, 0.05) is 0 Å². The molecule has 6 N–H and O–H groups in total. The summed E-state index contributed by atoms with van der Waals surface area (Å²) < 4.78 is 24.2. The van der Waals surface area contributed by atoms with E-state index in [1.807, 2.05) is 6.07 Å². The van der Waals surface area contributed by atoms with E-state index in [1.54, 1.807) is 31.2 Å². The fraction of sp³-hybridized carbons (Fsp3) is 0.0625. The molecule has 3 aromatic rings. The van der Waals surface area contributed by atoms with Crippen LogP contribution in [0.15, 0.2) is 58.2 Å². The zero-order valence-electron chi connectivity index (χ0n) is 13.7. The van der Waals surface area contributed by atoms with Crippen molar-refractivity contribution in [3.63, 3.8) is 0 Å². The van der Waals surface area contributed by atoms with E-state index in [9.17, 15) is 18.3 Å². The number of aromatic amines is 1. The number of aromatic nitrogens is 2. The highest BCUT2D eigenvalue weighted by Gasteiger charge is 2.14. The van der Waals surface area contributed by atoms with Crippen LogP contribution in [0.5, 0.6) is 5.75 Å². The largest absolute Gasteiger partial charge is 0.506 e. The Morgan fingerprint density at radius 3 is 2.46 bits per heavy atom. The summed E-state index contributed by atoms with van der Waals surface area (Å²) in [6, 6.07) is 12.5. The number of primary sulfonamides is 1. The molecule has 9 nitrogen and oxygen atoms in total. The molecule has 0 saturated carbocycles. The van der Waals surface area contributed by atoms with Crippen LogP contribution in [-0.2, 0) is 10.0 Å². The number of hydrogen-bond donors (Lipinski definition) is 5. The van der Waals surface area contributed by atoms with E-state index in [0.717, 1.165) is 6.07 Å². The summed E-state index contributed by atoms with van der Waals surface area (Å²) >= 11 is 0. The Kier molecular flexibility index (Phi) is 4.45. The van der Waals surface area contributed by atoms with E-state index in [1.165, 1.54) is 16.8 Å². The number of sulfonamides is 1. The Morgan fingerprint density at radius 1 is 1.12 bits per heavy atom. The van der Waals surface area contributed by atoms with Crippen LogP contribution in [0.1, 0.15) is 5.69 Å². The molecule has 0 aliphatic carbocycles. The van der Waals surface area contributed by atoms with E-state index in [2.05, 4.69) is 16.0 Å². The predicted octanol–water partition coefficient (Wildman–Crippen LogP) is 1.27. The molecular weight excluding hydrogens is 358 g/mol. The maximum atomic E-state index is 12.6. The molecule has 2 aromatic carbocycles. The highest BCUT2D eigenvalue weighted by atomic mass is 32.2. The van der Waals surface area contributed by atoms with Gasteiger partial charge in [0.15, 0.2) is 0 Å². The summed E-state index contributed by atoms with van der Waals surface area (Å²) in [5.74, 6) is -0.207. The Morgan fingerprint density at radius 2 is 1.81 bits per heavy atom. The van der Waals surface area contributed by atoms with Crippen molar-refractivity contribution in [1.29, 1.82) is 0 Å². The third-order valence-electron chi connectivity index (χ3n) is 3.70. The van der Waals surface area contributed by atoms with Crippen molar-refractivity contribution >= 4 is 21.4 Å². The Balaban J connectivity index is 1.90. The summed E-state index contributed by atoms with van der Waals surface area (Å²) in [5, 5.41) is 17.9. The zero-order valence-corrected chi connectivity index (χ0v) is 14.5. The van der Waals surface area contributed by atoms with Crippen molar-refractivity contribution in [1.82, 2.24) is 9.78 Å². The quantitative estimate of drug-likeness (QED) is 0.336. The number of anilines is 2. The molecular formula is C16H17N5O4S. The topological polar surface area (TPSA) is 142 Å². The van der Waals surface area contributed by atoms with Gasteiger partial charge in [-0.05, 0) is 37.3 Å². The molecule has 26 heavy (non-hydrogen) atoms. The number of hydrazine groups is 1. The lowest BCUT2D eigenvalue weighted by atomic mass is 10.3. The first kappa shape index (κ1) is 17.6. The van der Waals surface area contributed by atoms with Gasteiger partial charge in [0.2, 0.25) is 10.0 Å². The molecule has 10 heteroatoms. The van der Waals surface area contributed by atoms with Gasteiger partial charge in [-0.2, -0.15) is 0 Å². The molecule has 0 amide bonds. The van der Waals surface area contributed by atoms with Gasteiger partial charge in [-0.15, -0.1) is 0 Å². The standard InChI is InChI=1S/C16H17N5O4S/c1-10-15(16(23)21(20-10)11-5-3-2-4-6-11)19-18-13-9-12(26(17,24)25)7-8-14(13)22/h2-9,18-20,22H,1H3,(H2,17,24,25). The van der Waals surface area contributed by atoms with Crippen LogP contribution in [0.2, 0.25) is 0 Å². The minimum absolute atomic E-state index is 0.0581. The fourth-order valence-electron chi connectivity index (χ4n) is 2.37. The second kappa shape index (κ2) is 6.58. The molecule has 0 radical (unpaired) electrons. The molecule has 0 aliphatic heterocycles. The fourth-order valence-corrected chi connectivity index (χ4v) is 2.91. The van der Waals surface area contributed by atoms with Gasteiger partial charge in [-0.3, -0.25) is 20.7 Å². The molecule has 0 unspecified atom stereocenters. The van der Waals surface area contributed by atoms with Crippen molar-refractivity contribution in [3.05, 3.63) is 64.6 Å². The third kappa shape index (κ3) is 3.41. The van der Waals surface area contributed by atoms with Crippen LogP contribution >= 0.6 is 0 Å². The van der Waals surface area contributed by atoms with Crippen molar-refractivity contribution < 1.29 is 13.5 Å². The van der Waals surface area contributed by atoms with Crippen LogP contribution in [0, 0.1) is 6.92 Å². The van der Waals surface area contributed by atoms with Crippen molar-refractivity contribution in [2.24, 2.45) is 5.14 Å². The number of para-hydroxylation sites is 1. The van der Waals surface area contributed by atoms with Crippen LogP contribution < -0.4 is 21.5 Å². The highest BCUT2D eigenvalue weighted by Crippen LogP contribution is 2.26. The number of phenolic OH excluding ortho intramolecular Hbond substituents is 1. The van der Waals surface area contributed by atoms with Gasteiger partial charge in [-0.1, -0.05) is 18.2 Å². The normalized spacial score (nSPS) is 11.3. The average Bonchev–Trinajstić information content (AvgIpc) is 2.88. The zero-order chi connectivity index (χ0) is 18.9. The number of nitrogens with one attached hydrogen (secondary N) is 3. The molecule has 136 valence electrons. The number of hydrogen-bond acceptors (Lipinski definition) is 6. The number of H-pyrrole nitrogens is 1. The lowest BCUT2D eigenvalue weighted by Gasteiger charge is -2.11. The van der Waals surface area contributed by atoms with Crippen LogP contribution in [0.3, 0.4) is 0 Å². The lowest BCUT2D eigenvalue weighted by Crippen LogP contribution is -2.20. The summed E-state index contributed by atoms with van der Waals surface area (Å²) in [5.41, 5.74) is 6.47. The third-order valence-corrected chi connectivity index (χ3v) is 4.62. The molecule has 0 fully saturated rings. The Labute approximate surface area is 149 Å². The number of aryl methyl sites for hydroxylation is 1. The van der Waals surface area contributed by atoms with Gasteiger partial charge >= 0.3 is 0 Å². The van der Waals surface area contributed by atoms with Gasteiger partial charge < -0.3 is 5.11 Å². The number of nitrogens with two attached hydrogens (primary N) is 1. The molecule has 0 atom stereocenters. The molecule has 1 heterocycles. The first-order chi connectivity index (χ1) is 12.3. The Bertz CT molecular complexity index is 1100. The number of benzene rings is 2. The molecule has 1 aromatic heterocycles. The first-order valence-electron chi connectivity index (χ1n) is 7.52. The summed E-state index contributed by atoms with van der Waals surface area (Å²) in [6.45, 7) is 1.70. The van der Waals surface area contributed by atoms with Gasteiger partial charge in [-0.25, -0.2) is 18.2 Å². The van der Waals surface area contributed by atoms with Gasteiger partial charge in [0.05, 0.1) is 22.0 Å². The second-order valence-corrected chi connectivity index (χ2v) is 7.12. The van der Waals surface area contributed by atoms with Crippen molar-refractivity contribution in [2.75, 3.05) is 10.9 Å². The minimum atomic E-state index is -3.92. The number of rotatable bonds is 5. The monoisotopic (exact) mass is 375 g/mol. The van der Waals surface area contributed by atoms with E-state index >= 15 is 0 Å². The van der Waals surface area contributed by atoms with Crippen LogP contribution in [0.25, 0.3) is 5.69 Å². The lowest BCUT2D eigenvalue weighted by molar-refractivity contribution is 0.477. The smallest absolute Gasteiger partial charge is 0.296 e. The second-order valence-electron chi connectivity index (χ2n) is 5.56. The number of nitrogens with zero attached hydrogens (tertiary/aromatic N) is 1. The van der Waals surface area contributed by atoms with E-state index in [0.29, 0.717) is 11.4 Å². The van der Waals surface area contributed by atoms with E-state index in [-0.39, 0.29) is 27.6 Å². The van der Waals surface area contributed by atoms with Crippen LogP contribution in [0.4, 0.5) is 11.4 Å². The summed E-state index contributed by atoms with van der Waals surface area (Å²) in [7, 11) is -3.92. The Hall–Kier alpha value is -3.24. The SMILES string of the molecule is Cc1[nH]n(-c2ccccc2)c(=O)c1NNc1cc(S(N)(=O)=O)ccc1O. The van der Waals surface area contributed by atoms with E-state index in [4.69, 9.17) is 5.14 Å². The predicted molar refractivity (Wildman–Crippen MR) is 97.9 cm³/mol. The maximum absolute atomic E-state index is 12.6. The molecule has 0 saturated heterocycles. The summed E-state index contributed by atoms with van der Waals surface area (Å²) in [6.07, 6.45) is 0. The van der Waals surface area contributed by atoms with Crippen molar-refractivity contribution in [2.45, 2.75) is 11.8 Å². The van der Waals surface area contributed by atoms with Crippen molar-refractivity contribution in [3.8, 4) is 11.4 Å². The molecule has 0 spiro atoms. The first-order valence-corrected chi connectivity index (χ1v) is 9.07. The number of phenols is 1. The van der Waals surface area contributed by atoms with E-state index < -0.39 is 10.0 Å². The van der Waals surface area contributed by atoms with Gasteiger partial charge in [0.25, 0.3) is 5.56 Å². The highest BCUT2D eigenvalue weighted by molar-refractivity contribution is 7.89.